The smallest absolute Gasteiger partial charge is 0.245 e. The normalized spacial score (nSPS) is 11.0. The fourth-order valence-electron chi connectivity index (χ4n) is 2.08. The van der Waals surface area contributed by atoms with Gasteiger partial charge in [-0.05, 0) is 36.2 Å². The fourth-order valence-corrected chi connectivity index (χ4v) is 2.08. The van der Waals surface area contributed by atoms with Crippen molar-refractivity contribution in [3.05, 3.63) is 48.4 Å². The second kappa shape index (κ2) is 5.44. The molecular weight excluding hydrogens is 264 g/mol. The number of aromatic nitrogens is 3. The van der Waals surface area contributed by atoms with Crippen LogP contribution in [0.4, 0.5) is 5.69 Å². The summed E-state index contributed by atoms with van der Waals surface area (Å²) in [6.07, 6.45) is 3.53. The Morgan fingerprint density at radius 3 is 2.62 bits per heavy atom. The van der Waals surface area contributed by atoms with E-state index in [0.717, 1.165) is 22.6 Å². The molecule has 3 rings (SSSR count). The second-order valence-electron chi connectivity index (χ2n) is 5.16. The van der Waals surface area contributed by atoms with Gasteiger partial charge in [-0.1, -0.05) is 13.8 Å². The lowest BCUT2D eigenvalue weighted by Crippen LogP contribution is -1.94. The molecule has 108 valence electrons. The number of ether oxygens (including phenoxy) is 1. The number of hydrogen-bond donors (Lipinski definition) is 1. The molecule has 0 aliphatic rings. The maximum absolute atomic E-state index is 5.88. The van der Waals surface area contributed by atoms with Gasteiger partial charge in [-0.15, -0.1) is 0 Å². The van der Waals surface area contributed by atoms with Crippen molar-refractivity contribution >= 4 is 11.2 Å². The van der Waals surface area contributed by atoms with Crippen molar-refractivity contribution in [1.29, 1.82) is 0 Å². The highest BCUT2D eigenvalue weighted by atomic mass is 16.5. The van der Waals surface area contributed by atoms with Crippen LogP contribution in [0.2, 0.25) is 0 Å². The van der Waals surface area contributed by atoms with E-state index in [0.29, 0.717) is 11.8 Å². The van der Waals surface area contributed by atoms with Gasteiger partial charge in [-0.3, -0.25) is 0 Å². The Morgan fingerprint density at radius 2 is 1.95 bits per heavy atom. The van der Waals surface area contributed by atoms with Gasteiger partial charge in [-0.2, -0.15) is 5.10 Å². The summed E-state index contributed by atoms with van der Waals surface area (Å²) in [5.41, 5.74) is 2.94. The highest BCUT2D eigenvalue weighted by Gasteiger charge is 2.11. The van der Waals surface area contributed by atoms with E-state index >= 15 is 0 Å². The number of nitrogens with zero attached hydrogens (tertiary/aromatic N) is 3. The molecule has 0 aliphatic carbocycles. The van der Waals surface area contributed by atoms with Crippen molar-refractivity contribution in [3.63, 3.8) is 0 Å². The van der Waals surface area contributed by atoms with E-state index in [9.17, 15) is 0 Å². The first kappa shape index (κ1) is 13.4. The van der Waals surface area contributed by atoms with Gasteiger partial charge in [0.1, 0.15) is 11.3 Å². The van der Waals surface area contributed by atoms with Crippen LogP contribution >= 0.6 is 0 Å². The van der Waals surface area contributed by atoms with Crippen LogP contribution in [0, 0.1) is 0 Å². The van der Waals surface area contributed by atoms with E-state index in [2.05, 4.69) is 29.2 Å². The van der Waals surface area contributed by atoms with Crippen LogP contribution in [0.1, 0.15) is 25.5 Å². The molecule has 5 nitrogen and oxygen atoms in total. The van der Waals surface area contributed by atoms with Gasteiger partial charge in [-0.25, -0.2) is 9.50 Å². The van der Waals surface area contributed by atoms with E-state index in [4.69, 9.17) is 4.74 Å². The minimum atomic E-state index is 0.368. The zero-order chi connectivity index (χ0) is 14.8. The molecule has 5 heteroatoms. The monoisotopic (exact) mass is 282 g/mol. The van der Waals surface area contributed by atoms with Crippen LogP contribution in [-0.4, -0.2) is 21.6 Å². The molecule has 0 spiro atoms. The van der Waals surface area contributed by atoms with E-state index in [-0.39, 0.29) is 0 Å². The molecule has 1 N–H and O–H groups in total. The van der Waals surface area contributed by atoms with Crippen molar-refractivity contribution in [3.8, 4) is 11.6 Å². The van der Waals surface area contributed by atoms with Gasteiger partial charge in [0.15, 0.2) is 0 Å². The molecule has 21 heavy (non-hydrogen) atoms. The first-order valence-corrected chi connectivity index (χ1v) is 6.97. The zero-order valence-electron chi connectivity index (χ0n) is 12.4. The molecule has 0 atom stereocenters. The highest BCUT2D eigenvalue weighted by molar-refractivity contribution is 5.58. The van der Waals surface area contributed by atoms with E-state index in [1.165, 1.54) is 0 Å². The molecule has 0 aliphatic heterocycles. The average Bonchev–Trinajstić information content (AvgIpc) is 2.93. The average molecular weight is 282 g/mol. The van der Waals surface area contributed by atoms with Crippen molar-refractivity contribution in [1.82, 2.24) is 14.6 Å². The Bertz CT molecular complexity index is 747. The molecule has 1 aromatic carbocycles. The largest absolute Gasteiger partial charge is 0.437 e. The van der Waals surface area contributed by atoms with Gasteiger partial charge < -0.3 is 10.1 Å². The predicted octanol–water partition coefficient (Wildman–Crippen LogP) is 3.69. The summed E-state index contributed by atoms with van der Waals surface area (Å²) in [6, 6.07) is 9.78. The number of nitrogens with one attached hydrogen (secondary N) is 1. The summed E-state index contributed by atoms with van der Waals surface area (Å²) >= 11 is 0. The van der Waals surface area contributed by atoms with Crippen LogP contribution in [0.3, 0.4) is 0 Å². The molecule has 3 aromatic rings. The molecule has 0 saturated carbocycles. The lowest BCUT2D eigenvalue weighted by molar-refractivity contribution is 0.465. The Kier molecular flexibility index (Phi) is 3.48. The number of anilines is 1. The van der Waals surface area contributed by atoms with Crippen LogP contribution in [0.5, 0.6) is 11.6 Å². The third kappa shape index (κ3) is 2.67. The Balaban J connectivity index is 1.95. The standard InChI is InChI=1S/C16H18N4O/c1-11(2)14-10-15-16(18-8-9-20(15)19-14)21-13-6-4-12(17-3)5-7-13/h4-11,17H,1-3H3. The van der Waals surface area contributed by atoms with Crippen LogP contribution < -0.4 is 10.1 Å². The quantitative estimate of drug-likeness (QED) is 0.793. The number of fused-ring (bicyclic) bond motifs is 1. The summed E-state index contributed by atoms with van der Waals surface area (Å²) in [7, 11) is 1.89. The Labute approximate surface area is 123 Å². The molecule has 0 radical (unpaired) electrons. The topological polar surface area (TPSA) is 51.5 Å². The van der Waals surface area contributed by atoms with Crippen LogP contribution in [-0.2, 0) is 0 Å². The van der Waals surface area contributed by atoms with E-state index < -0.39 is 0 Å². The summed E-state index contributed by atoms with van der Waals surface area (Å²) in [6.45, 7) is 4.23. The predicted molar refractivity (Wildman–Crippen MR) is 83.1 cm³/mol. The molecule has 0 unspecified atom stereocenters. The van der Waals surface area contributed by atoms with Crippen molar-refractivity contribution < 1.29 is 4.74 Å². The summed E-state index contributed by atoms with van der Waals surface area (Å²) in [4.78, 5) is 4.32. The van der Waals surface area contributed by atoms with Gasteiger partial charge in [0.2, 0.25) is 5.88 Å². The minimum absolute atomic E-state index is 0.368. The Morgan fingerprint density at radius 1 is 1.19 bits per heavy atom. The minimum Gasteiger partial charge on any atom is -0.437 e. The van der Waals surface area contributed by atoms with Crippen molar-refractivity contribution in [2.24, 2.45) is 0 Å². The van der Waals surface area contributed by atoms with Crippen molar-refractivity contribution in [2.75, 3.05) is 12.4 Å². The summed E-state index contributed by atoms with van der Waals surface area (Å²) in [5, 5.41) is 7.61. The summed E-state index contributed by atoms with van der Waals surface area (Å²) < 4.78 is 7.69. The van der Waals surface area contributed by atoms with Gasteiger partial charge >= 0.3 is 0 Å². The van der Waals surface area contributed by atoms with Crippen molar-refractivity contribution in [2.45, 2.75) is 19.8 Å². The first-order valence-electron chi connectivity index (χ1n) is 6.97. The van der Waals surface area contributed by atoms with E-state index in [1.807, 2.05) is 43.6 Å². The number of rotatable bonds is 4. The van der Waals surface area contributed by atoms with Crippen LogP contribution in [0.25, 0.3) is 5.52 Å². The molecule has 0 amide bonds. The summed E-state index contributed by atoms with van der Waals surface area (Å²) in [5.74, 6) is 1.68. The third-order valence-corrected chi connectivity index (χ3v) is 3.32. The molecule has 0 fully saturated rings. The third-order valence-electron chi connectivity index (χ3n) is 3.32. The highest BCUT2D eigenvalue weighted by Crippen LogP contribution is 2.26. The molecule has 2 aromatic heterocycles. The van der Waals surface area contributed by atoms with Crippen LogP contribution in [0.15, 0.2) is 42.7 Å². The fraction of sp³-hybridized carbons (Fsp3) is 0.250. The number of benzene rings is 1. The molecular formula is C16H18N4O. The molecule has 0 bridgehead atoms. The molecule has 2 heterocycles. The zero-order valence-corrected chi connectivity index (χ0v) is 12.4. The van der Waals surface area contributed by atoms with E-state index in [1.54, 1.807) is 10.7 Å². The first-order chi connectivity index (χ1) is 10.2. The van der Waals surface area contributed by atoms with Gasteiger partial charge in [0.05, 0.1) is 5.69 Å². The second-order valence-corrected chi connectivity index (χ2v) is 5.16. The van der Waals surface area contributed by atoms with Gasteiger partial charge in [0.25, 0.3) is 0 Å². The molecule has 0 saturated heterocycles. The lowest BCUT2D eigenvalue weighted by atomic mass is 10.1. The lowest BCUT2D eigenvalue weighted by Gasteiger charge is -2.06. The Hall–Kier alpha value is -2.56. The van der Waals surface area contributed by atoms with Gasteiger partial charge in [0, 0.05) is 25.1 Å². The SMILES string of the molecule is CNc1ccc(Oc2nccn3nc(C(C)C)cc23)cc1. The maximum atomic E-state index is 5.88. The number of hydrogen-bond acceptors (Lipinski definition) is 4. The maximum Gasteiger partial charge on any atom is 0.245 e.